The number of carbonyl (C=O) groups excluding carboxylic acids is 1. The van der Waals surface area contributed by atoms with Gasteiger partial charge in [-0.3, -0.25) is 4.79 Å². The number of hydrogen-bond donors (Lipinski definition) is 1. The van der Waals surface area contributed by atoms with Crippen molar-refractivity contribution in [1.29, 1.82) is 0 Å². The van der Waals surface area contributed by atoms with E-state index in [0.29, 0.717) is 13.1 Å². The van der Waals surface area contributed by atoms with Crippen LogP contribution in [0.3, 0.4) is 0 Å². The maximum Gasteiger partial charge on any atom is 0.239 e. The van der Waals surface area contributed by atoms with Crippen LogP contribution >= 0.6 is 11.3 Å². The zero-order chi connectivity index (χ0) is 13.0. The Morgan fingerprint density at radius 2 is 2.56 bits per heavy atom. The van der Waals surface area contributed by atoms with Crippen LogP contribution in [0.2, 0.25) is 0 Å². The van der Waals surface area contributed by atoms with Crippen molar-refractivity contribution in [3.63, 3.8) is 0 Å². The van der Waals surface area contributed by atoms with Gasteiger partial charge in [-0.05, 0) is 31.2 Å². The first kappa shape index (κ1) is 13.5. The van der Waals surface area contributed by atoms with Crippen molar-refractivity contribution in [3.05, 3.63) is 22.4 Å². The van der Waals surface area contributed by atoms with E-state index >= 15 is 0 Å². The molecule has 2 rings (SSSR count). The maximum absolute atomic E-state index is 12.1. The van der Waals surface area contributed by atoms with Crippen LogP contribution in [0.1, 0.15) is 24.6 Å². The molecule has 4 nitrogen and oxygen atoms in total. The van der Waals surface area contributed by atoms with Crippen molar-refractivity contribution in [2.45, 2.75) is 38.5 Å². The lowest BCUT2D eigenvalue weighted by atomic mass is 10.2. The van der Waals surface area contributed by atoms with Crippen molar-refractivity contribution >= 4 is 17.2 Å². The third-order valence-corrected chi connectivity index (χ3v) is 3.94. The summed E-state index contributed by atoms with van der Waals surface area (Å²) in [6, 6.07) is 3.59. The molecule has 100 valence electrons. The fourth-order valence-electron chi connectivity index (χ4n) is 2.15. The number of ether oxygens (including phenoxy) is 1. The van der Waals surface area contributed by atoms with Crippen molar-refractivity contribution in [3.8, 4) is 0 Å². The topological polar surface area (TPSA) is 55.6 Å². The van der Waals surface area contributed by atoms with Crippen LogP contribution in [0.15, 0.2) is 17.5 Å². The lowest BCUT2D eigenvalue weighted by Gasteiger charge is -2.26. The average Bonchev–Trinajstić information content (AvgIpc) is 2.99. The van der Waals surface area contributed by atoms with Gasteiger partial charge in [0.25, 0.3) is 0 Å². The molecule has 1 fully saturated rings. The first-order chi connectivity index (χ1) is 8.66. The number of hydrogen-bond acceptors (Lipinski definition) is 4. The standard InChI is InChI=1S/C13H20N2O2S/c1-10(14)13(16)15(8-11-4-2-6-17-11)9-12-5-3-7-18-12/h3,5,7,10-11H,2,4,6,8-9,14H2,1H3/t10-,11-/m1/s1. The molecule has 1 aromatic heterocycles. The Bertz CT molecular complexity index is 372. The summed E-state index contributed by atoms with van der Waals surface area (Å²) in [6.45, 7) is 3.83. The van der Waals surface area contributed by atoms with Gasteiger partial charge < -0.3 is 15.4 Å². The van der Waals surface area contributed by atoms with Crippen LogP contribution in [0.5, 0.6) is 0 Å². The summed E-state index contributed by atoms with van der Waals surface area (Å²) in [7, 11) is 0. The van der Waals surface area contributed by atoms with Crippen LogP contribution in [-0.2, 0) is 16.1 Å². The van der Waals surface area contributed by atoms with E-state index in [0.717, 1.165) is 19.4 Å². The van der Waals surface area contributed by atoms with Crippen LogP contribution in [0.25, 0.3) is 0 Å². The monoisotopic (exact) mass is 268 g/mol. The molecule has 2 N–H and O–H groups in total. The summed E-state index contributed by atoms with van der Waals surface area (Å²) in [5.41, 5.74) is 5.71. The summed E-state index contributed by atoms with van der Waals surface area (Å²) in [5, 5.41) is 2.02. The normalized spacial score (nSPS) is 20.9. The molecule has 0 aliphatic carbocycles. The molecule has 2 atom stereocenters. The number of rotatable bonds is 5. The van der Waals surface area contributed by atoms with E-state index in [-0.39, 0.29) is 12.0 Å². The summed E-state index contributed by atoms with van der Waals surface area (Å²) < 4.78 is 5.60. The van der Waals surface area contributed by atoms with Gasteiger partial charge in [0.05, 0.1) is 18.7 Å². The summed E-state index contributed by atoms with van der Waals surface area (Å²) in [6.07, 6.45) is 2.30. The van der Waals surface area contributed by atoms with Gasteiger partial charge in [0, 0.05) is 18.0 Å². The third kappa shape index (κ3) is 3.54. The molecule has 1 amide bonds. The molecule has 1 aliphatic rings. The molecule has 0 unspecified atom stereocenters. The van der Waals surface area contributed by atoms with Gasteiger partial charge in [-0.2, -0.15) is 0 Å². The first-order valence-corrected chi connectivity index (χ1v) is 7.23. The number of nitrogens with two attached hydrogens (primary N) is 1. The zero-order valence-corrected chi connectivity index (χ0v) is 11.5. The Labute approximate surface area is 112 Å². The Balaban J connectivity index is 1.99. The summed E-state index contributed by atoms with van der Waals surface area (Å²) in [4.78, 5) is 15.1. The van der Waals surface area contributed by atoms with Gasteiger partial charge in [-0.15, -0.1) is 11.3 Å². The highest BCUT2D eigenvalue weighted by Gasteiger charge is 2.24. The van der Waals surface area contributed by atoms with E-state index in [2.05, 4.69) is 0 Å². The predicted octanol–water partition coefficient (Wildman–Crippen LogP) is 1.60. The van der Waals surface area contributed by atoms with E-state index in [1.165, 1.54) is 4.88 Å². The molecule has 1 saturated heterocycles. The highest BCUT2D eigenvalue weighted by Crippen LogP contribution is 2.17. The maximum atomic E-state index is 12.1. The smallest absolute Gasteiger partial charge is 0.239 e. The number of amides is 1. The average molecular weight is 268 g/mol. The van der Waals surface area contributed by atoms with Crippen LogP contribution in [-0.4, -0.2) is 36.1 Å². The highest BCUT2D eigenvalue weighted by atomic mass is 32.1. The van der Waals surface area contributed by atoms with E-state index in [1.807, 2.05) is 22.4 Å². The molecule has 2 heterocycles. The molecule has 1 aliphatic heterocycles. The van der Waals surface area contributed by atoms with Crippen molar-refractivity contribution < 1.29 is 9.53 Å². The molecule has 5 heteroatoms. The lowest BCUT2D eigenvalue weighted by molar-refractivity contribution is -0.134. The van der Waals surface area contributed by atoms with Crippen LogP contribution < -0.4 is 5.73 Å². The number of nitrogens with zero attached hydrogens (tertiary/aromatic N) is 1. The second kappa shape index (κ2) is 6.31. The predicted molar refractivity (Wildman–Crippen MR) is 72.4 cm³/mol. The minimum Gasteiger partial charge on any atom is -0.376 e. The summed E-state index contributed by atoms with van der Waals surface area (Å²) >= 11 is 1.66. The molecule has 0 bridgehead atoms. The molecular weight excluding hydrogens is 248 g/mol. The minimum atomic E-state index is -0.452. The Hall–Kier alpha value is -0.910. The molecule has 18 heavy (non-hydrogen) atoms. The summed E-state index contributed by atoms with van der Waals surface area (Å²) in [5.74, 6) is -0.00102. The van der Waals surface area contributed by atoms with Crippen LogP contribution in [0.4, 0.5) is 0 Å². The first-order valence-electron chi connectivity index (χ1n) is 6.35. The molecular formula is C13H20N2O2S. The van der Waals surface area contributed by atoms with Crippen molar-refractivity contribution in [1.82, 2.24) is 4.90 Å². The van der Waals surface area contributed by atoms with Crippen LogP contribution in [0, 0.1) is 0 Å². The number of carbonyl (C=O) groups is 1. The van der Waals surface area contributed by atoms with E-state index < -0.39 is 6.04 Å². The van der Waals surface area contributed by atoms with E-state index in [9.17, 15) is 4.79 Å². The zero-order valence-electron chi connectivity index (χ0n) is 10.7. The van der Waals surface area contributed by atoms with Crippen molar-refractivity contribution in [2.75, 3.05) is 13.2 Å². The second-order valence-corrected chi connectivity index (χ2v) is 5.75. The molecule has 0 radical (unpaired) electrons. The van der Waals surface area contributed by atoms with Gasteiger partial charge in [0.15, 0.2) is 0 Å². The van der Waals surface area contributed by atoms with Crippen molar-refractivity contribution in [2.24, 2.45) is 5.73 Å². The Kier molecular flexibility index (Phi) is 4.74. The third-order valence-electron chi connectivity index (χ3n) is 3.08. The van der Waals surface area contributed by atoms with E-state index in [4.69, 9.17) is 10.5 Å². The number of thiophene rings is 1. The SMILES string of the molecule is C[C@@H](N)C(=O)N(Cc1cccs1)C[C@H]1CCCO1. The van der Waals surface area contributed by atoms with Gasteiger partial charge in [-0.25, -0.2) is 0 Å². The Morgan fingerprint density at radius 1 is 1.72 bits per heavy atom. The quantitative estimate of drug-likeness (QED) is 0.882. The largest absolute Gasteiger partial charge is 0.376 e. The molecule has 0 saturated carbocycles. The molecule has 0 aromatic carbocycles. The van der Waals surface area contributed by atoms with Gasteiger partial charge in [0.2, 0.25) is 5.91 Å². The minimum absolute atomic E-state index is 0.00102. The Morgan fingerprint density at radius 3 is 3.11 bits per heavy atom. The fraction of sp³-hybridized carbons (Fsp3) is 0.615. The lowest BCUT2D eigenvalue weighted by Crippen LogP contribution is -2.44. The van der Waals surface area contributed by atoms with Gasteiger partial charge in [-0.1, -0.05) is 6.07 Å². The fourth-order valence-corrected chi connectivity index (χ4v) is 2.86. The second-order valence-electron chi connectivity index (χ2n) is 4.72. The molecule has 1 aromatic rings. The highest BCUT2D eigenvalue weighted by molar-refractivity contribution is 7.09. The van der Waals surface area contributed by atoms with Gasteiger partial charge in [0.1, 0.15) is 0 Å². The van der Waals surface area contributed by atoms with Gasteiger partial charge >= 0.3 is 0 Å². The van der Waals surface area contributed by atoms with E-state index in [1.54, 1.807) is 18.3 Å². The molecule has 0 spiro atoms.